The molecule has 0 bridgehead atoms. The van der Waals surface area contributed by atoms with E-state index in [2.05, 4.69) is 10.0 Å². The number of sulfonamides is 1. The fraction of sp³-hybridized carbons (Fsp3) is 0.133. The summed E-state index contributed by atoms with van der Waals surface area (Å²) >= 11 is 0. The summed E-state index contributed by atoms with van der Waals surface area (Å²) in [6, 6.07) is 8.31. The van der Waals surface area contributed by atoms with Crippen LogP contribution in [0.5, 0.6) is 0 Å². The molecule has 5 nitrogen and oxygen atoms in total. The van der Waals surface area contributed by atoms with Gasteiger partial charge in [0.2, 0.25) is 15.9 Å². The van der Waals surface area contributed by atoms with E-state index >= 15 is 0 Å². The minimum atomic E-state index is -3.97. The highest BCUT2D eigenvalue weighted by Crippen LogP contribution is 2.12. The van der Waals surface area contributed by atoms with E-state index in [4.69, 9.17) is 0 Å². The summed E-state index contributed by atoms with van der Waals surface area (Å²) in [5.74, 6) is -1.75. The van der Waals surface area contributed by atoms with E-state index in [-0.39, 0.29) is 10.6 Å². The molecule has 0 heterocycles. The number of carbonyl (C=O) groups is 1. The molecule has 2 rings (SSSR count). The molecular weight excluding hydrogens is 326 g/mol. The van der Waals surface area contributed by atoms with Gasteiger partial charge in [-0.1, -0.05) is 6.07 Å². The lowest BCUT2D eigenvalue weighted by atomic mass is 10.3. The molecule has 0 aliphatic carbocycles. The van der Waals surface area contributed by atoms with Crippen molar-refractivity contribution in [3.05, 3.63) is 60.2 Å². The van der Waals surface area contributed by atoms with Gasteiger partial charge in [-0.25, -0.2) is 17.2 Å². The summed E-state index contributed by atoms with van der Waals surface area (Å²) in [5, 5.41) is 2.40. The molecule has 8 heteroatoms. The van der Waals surface area contributed by atoms with Gasteiger partial charge in [-0.15, -0.1) is 0 Å². The van der Waals surface area contributed by atoms with Crippen molar-refractivity contribution >= 4 is 21.6 Å². The molecule has 0 saturated heterocycles. The van der Waals surface area contributed by atoms with E-state index in [0.29, 0.717) is 0 Å². The summed E-state index contributed by atoms with van der Waals surface area (Å²) in [5.41, 5.74) is 0.211. The van der Waals surface area contributed by atoms with Crippen LogP contribution >= 0.6 is 0 Å². The van der Waals surface area contributed by atoms with Crippen LogP contribution in [0.1, 0.15) is 6.92 Å². The molecule has 2 aromatic rings. The zero-order valence-corrected chi connectivity index (χ0v) is 12.9. The van der Waals surface area contributed by atoms with Crippen LogP contribution in [0.15, 0.2) is 53.4 Å². The Morgan fingerprint density at radius 2 is 1.70 bits per heavy atom. The van der Waals surface area contributed by atoms with Crippen molar-refractivity contribution in [2.24, 2.45) is 0 Å². The maximum atomic E-state index is 13.1. The van der Waals surface area contributed by atoms with Crippen LogP contribution in [-0.2, 0) is 14.8 Å². The van der Waals surface area contributed by atoms with Gasteiger partial charge in [0, 0.05) is 5.69 Å². The highest BCUT2D eigenvalue weighted by molar-refractivity contribution is 7.89. The standard InChI is InChI=1S/C15H14F2N2O3S/c1-10(15(20)18-13-4-2-3-12(17)9-13)19-23(21,22)14-7-5-11(16)6-8-14/h2-10,19H,1H3,(H,18,20)/t10-/m1/s1. The molecule has 1 atom stereocenters. The first-order chi connectivity index (χ1) is 10.8. The first-order valence-electron chi connectivity index (χ1n) is 6.62. The highest BCUT2D eigenvalue weighted by atomic mass is 32.2. The Labute approximate surface area is 132 Å². The molecule has 122 valence electrons. The van der Waals surface area contributed by atoms with Gasteiger partial charge in [-0.3, -0.25) is 4.79 Å². The molecule has 0 spiro atoms. The minimum absolute atomic E-state index is 0.163. The van der Waals surface area contributed by atoms with E-state index in [1.807, 2.05) is 0 Å². The Hall–Kier alpha value is -2.32. The predicted octanol–water partition coefficient (Wildman–Crippen LogP) is 2.27. The first-order valence-corrected chi connectivity index (χ1v) is 8.10. The number of hydrogen-bond donors (Lipinski definition) is 2. The quantitative estimate of drug-likeness (QED) is 0.877. The molecule has 0 saturated carbocycles. The van der Waals surface area contributed by atoms with Crippen molar-refractivity contribution in [1.82, 2.24) is 4.72 Å². The predicted molar refractivity (Wildman–Crippen MR) is 81.2 cm³/mol. The summed E-state index contributed by atoms with van der Waals surface area (Å²) in [6.07, 6.45) is 0. The maximum absolute atomic E-state index is 13.1. The number of amides is 1. The topological polar surface area (TPSA) is 75.3 Å². The molecule has 2 N–H and O–H groups in total. The molecule has 0 aromatic heterocycles. The molecular formula is C15H14F2N2O3S. The number of rotatable bonds is 5. The summed E-state index contributed by atoms with van der Waals surface area (Å²) in [7, 11) is -3.97. The molecule has 0 aliphatic heterocycles. The van der Waals surface area contributed by atoms with Crippen molar-refractivity contribution in [3.8, 4) is 0 Å². The summed E-state index contributed by atoms with van der Waals surface area (Å²) in [6.45, 7) is 1.34. The fourth-order valence-corrected chi connectivity index (χ4v) is 2.99. The average Bonchev–Trinajstić information content (AvgIpc) is 2.47. The molecule has 0 radical (unpaired) electrons. The Bertz CT molecular complexity index is 808. The zero-order valence-electron chi connectivity index (χ0n) is 12.1. The fourth-order valence-electron chi connectivity index (χ4n) is 1.78. The molecule has 0 aliphatic rings. The minimum Gasteiger partial charge on any atom is -0.325 e. The number of hydrogen-bond acceptors (Lipinski definition) is 3. The first kappa shape index (κ1) is 17.0. The Balaban J connectivity index is 2.06. The Morgan fingerprint density at radius 3 is 2.30 bits per heavy atom. The van der Waals surface area contributed by atoms with Crippen molar-refractivity contribution in [3.63, 3.8) is 0 Å². The second-order valence-corrected chi connectivity index (χ2v) is 6.51. The Kier molecular flexibility index (Phi) is 5.07. The van der Waals surface area contributed by atoms with Crippen molar-refractivity contribution in [1.29, 1.82) is 0 Å². The van der Waals surface area contributed by atoms with E-state index in [0.717, 1.165) is 30.3 Å². The molecule has 0 unspecified atom stereocenters. The van der Waals surface area contributed by atoms with Gasteiger partial charge in [0.05, 0.1) is 10.9 Å². The number of halogens is 2. The van der Waals surface area contributed by atoms with E-state index < -0.39 is 33.6 Å². The second-order valence-electron chi connectivity index (χ2n) is 4.80. The largest absolute Gasteiger partial charge is 0.325 e. The lowest BCUT2D eigenvalue weighted by Gasteiger charge is -2.14. The van der Waals surface area contributed by atoms with Gasteiger partial charge < -0.3 is 5.32 Å². The molecule has 2 aromatic carbocycles. The maximum Gasteiger partial charge on any atom is 0.242 e. The monoisotopic (exact) mass is 340 g/mol. The average molecular weight is 340 g/mol. The second kappa shape index (κ2) is 6.84. The molecule has 23 heavy (non-hydrogen) atoms. The molecule has 0 fully saturated rings. The van der Waals surface area contributed by atoms with Crippen LogP contribution in [0.3, 0.4) is 0 Å². The van der Waals surface area contributed by atoms with E-state index in [1.54, 1.807) is 0 Å². The lowest BCUT2D eigenvalue weighted by Crippen LogP contribution is -2.41. The number of nitrogens with one attached hydrogen (secondary N) is 2. The van der Waals surface area contributed by atoms with Gasteiger partial charge in [0.25, 0.3) is 0 Å². The number of carbonyl (C=O) groups excluding carboxylic acids is 1. The van der Waals surface area contributed by atoms with Crippen molar-refractivity contribution in [2.45, 2.75) is 17.9 Å². The zero-order chi connectivity index (χ0) is 17.0. The van der Waals surface area contributed by atoms with Crippen LogP contribution in [0.2, 0.25) is 0 Å². The van der Waals surface area contributed by atoms with Crippen LogP contribution in [0, 0.1) is 11.6 Å². The van der Waals surface area contributed by atoms with Gasteiger partial charge >= 0.3 is 0 Å². The third-order valence-corrected chi connectivity index (χ3v) is 4.50. The summed E-state index contributed by atoms with van der Waals surface area (Å²) < 4.78 is 52.2. The van der Waals surface area contributed by atoms with Gasteiger partial charge in [0.1, 0.15) is 11.6 Å². The summed E-state index contributed by atoms with van der Waals surface area (Å²) in [4.78, 5) is 11.8. The lowest BCUT2D eigenvalue weighted by molar-refractivity contribution is -0.117. The van der Waals surface area contributed by atoms with Crippen LogP contribution < -0.4 is 10.0 Å². The smallest absolute Gasteiger partial charge is 0.242 e. The van der Waals surface area contributed by atoms with Crippen molar-refractivity contribution in [2.75, 3.05) is 5.32 Å². The molecule has 1 amide bonds. The van der Waals surface area contributed by atoms with Crippen LogP contribution in [0.4, 0.5) is 14.5 Å². The number of anilines is 1. The normalized spacial score (nSPS) is 12.7. The number of benzene rings is 2. The van der Waals surface area contributed by atoms with Gasteiger partial charge in [-0.2, -0.15) is 4.72 Å². The van der Waals surface area contributed by atoms with Crippen molar-refractivity contribution < 1.29 is 22.0 Å². The van der Waals surface area contributed by atoms with Crippen LogP contribution in [0.25, 0.3) is 0 Å². The third-order valence-electron chi connectivity index (χ3n) is 2.94. The highest BCUT2D eigenvalue weighted by Gasteiger charge is 2.22. The van der Waals surface area contributed by atoms with E-state index in [9.17, 15) is 22.0 Å². The van der Waals surface area contributed by atoms with Crippen LogP contribution in [-0.4, -0.2) is 20.4 Å². The van der Waals surface area contributed by atoms with E-state index in [1.165, 1.54) is 25.1 Å². The van der Waals surface area contributed by atoms with Gasteiger partial charge in [-0.05, 0) is 49.4 Å². The SMILES string of the molecule is C[C@@H](NS(=O)(=O)c1ccc(F)cc1)C(=O)Nc1cccc(F)c1. The Morgan fingerprint density at radius 1 is 1.04 bits per heavy atom. The third kappa shape index (κ3) is 4.57. The van der Waals surface area contributed by atoms with Gasteiger partial charge in [0.15, 0.2) is 0 Å².